The van der Waals surface area contributed by atoms with Crippen molar-refractivity contribution in [2.24, 2.45) is 5.73 Å². The van der Waals surface area contributed by atoms with Crippen molar-refractivity contribution in [3.8, 4) is 0 Å². The fraction of sp³-hybridized carbons (Fsp3) is 0.455. The zero-order valence-corrected chi connectivity index (χ0v) is 8.64. The van der Waals surface area contributed by atoms with Gasteiger partial charge in [-0.2, -0.15) is 0 Å². The Bertz CT molecular complexity index is 373. The summed E-state index contributed by atoms with van der Waals surface area (Å²) in [7, 11) is 1.70. The van der Waals surface area contributed by atoms with Crippen LogP contribution in [0.25, 0.3) is 0 Å². The first-order chi connectivity index (χ1) is 7.22. The van der Waals surface area contributed by atoms with Crippen LogP contribution < -0.4 is 5.73 Å². The fourth-order valence-electron chi connectivity index (χ4n) is 1.93. The van der Waals surface area contributed by atoms with Crippen molar-refractivity contribution in [2.75, 3.05) is 7.11 Å². The molecule has 1 fully saturated rings. The lowest BCUT2D eigenvalue weighted by molar-refractivity contribution is 0.0245. The number of amides is 1. The maximum atomic E-state index is 11.2. The SMILES string of the molecule is COC1CC(c2ncccc2C(N)=O)C1. The quantitative estimate of drug-likeness (QED) is 0.804. The lowest BCUT2D eigenvalue weighted by atomic mass is 9.78. The van der Waals surface area contributed by atoms with Gasteiger partial charge in [-0.3, -0.25) is 9.78 Å². The van der Waals surface area contributed by atoms with Crippen LogP contribution in [0.3, 0.4) is 0 Å². The fourth-order valence-corrected chi connectivity index (χ4v) is 1.93. The number of primary amides is 1. The Hall–Kier alpha value is -1.42. The lowest BCUT2D eigenvalue weighted by Gasteiger charge is -2.34. The standard InChI is InChI=1S/C11H14N2O2/c1-15-8-5-7(6-8)10-9(11(12)14)3-2-4-13-10/h2-4,7-8H,5-6H2,1H3,(H2,12,14). The van der Waals surface area contributed by atoms with Gasteiger partial charge in [0.05, 0.1) is 17.4 Å². The van der Waals surface area contributed by atoms with Gasteiger partial charge in [0, 0.05) is 19.2 Å². The van der Waals surface area contributed by atoms with Gasteiger partial charge < -0.3 is 10.5 Å². The number of nitrogens with zero attached hydrogens (tertiary/aromatic N) is 1. The molecule has 1 amide bonds. The van der Waals surface area contributed by atoms with E-state index in [9.17, 15) is 4.79 Å². The molecule has 1 saturated carbocycles. The summed E-state index contributed by atoms with van der Waals surface area (Å²) in [6.07, 6.45) is 3.85. The molecule has 1 aromatic heterocycles. The Morgan fingerprint density at radius 3 is 2.93 bits per heavy atom. The Kier molecular flexibility index (Phi) is 2.68. The monoisotopic (exact) mass is 206 g/mol. The van der Waals surface area contributed by atoms with Crippen molar-refractivity contribution in [3.63, 3.8) is 0 Å². The number of aromatic nitrogens is 1. The van der Waals surface area contributed by atoms with Crippen molar-refractivity contribution in [1.82, 2.24) is 4.98 Å². The number of nitrogens with two attached hydrogens (primary N) is 1. The molecule has 4 nitrogen and oxygen atoms in total. The second kappa shape index (κ2) is 3.98. The summed E-state index contributed by atoms with van der Waals surface area (Å²) in [5.74, 6) is -0.0855. The molecule has 0 radical (unpaired) electrons. The maximum Gasteiger partial charge on any atom is 0.250 e. The van der Waals surface area contributed by atoms with Gasteiger partial charge in [0.2, 0.25) is 0 Å². The number of carbonyl (C=O) groups excluding carboxylic acids is 1. The molecule has 0 aromatic carbocycles. The van der Waals surface area contributed by atoms with Crippen molar-refractivity contribution in [1.29, 1.82) is 0 Å². The summed E-state index contributed by atoms with van der Waals surface area (Å²) < 4.78 is 5.19. The highest BCUT2D eigenvalue weighted by Crippen LogP contribution is 2.38. The minimum atomic E-state index is -0.404. The molecule has 0 bridgehead atoms. The topological polar surface area (TPSA) is 65.2 Å². The lowest BCUT2D eigenvalue weighted by Crippen LogP contribution is -2.31. The molecule has 1 aromatic rings. The van der Waals surface area contributed by atoms with Gasteiger partial charge in [0.15, 0.2) is 0 Å². The van der Waals surface area contributed by atoms with E-state index in [0.717, 1.165) is 18.5 Å². The van der Waals surface area contributed by atoms with Crippen LogP contribution in [0.2, 0.25) is 0 Å². The molecular weight excluding hydrogens is 192 g/mol. The Morgan fingerprint density at radius 2 is 2.33 bits per heavy atom. The molecular formula is C11H14N2O2. The minimum absolute atomic E-state index is 0.303. The molecule has 1 aliphatic rings. The van der Waals surface area contributed by atoms with E-state index in [2.05, 4.69) is 4.98 Å². The molecule has 15 heavy (non-hydrogen) atoms. The normalized spacial score (nSPS) is 24.6. The van der Waals surface area contributed by atoms with E-state index < -0.39 is 5.91 Å². The molecule has 0 aliphatic heterocycles. The Balaban J connectivity index is 2.18. The third kappa shape index (κ3) is 1.85. The number of methoxy groups -OCH3 is 1. The predicted octanol–water partition coefficient (Wildman–Crippen LogP) is 1.07. The summed E-state index contributed by atoms with van der Waals surface area (Å²) in [5, 5.41) is 0. The number of ether oxygens (including phenoxy) is 1. The zero-order valence-electron chi connectivity index (χ0n) is 8.64. The van der Waals surface area contributed by atoms with Crippen molar-refractivity contribution in [3.05, 3.63) is 29.6 Å². The van der Waals surface area contributed by atoms with Gasteiger partial charge in [-0.15, -0.1) is 0 Å². The summed E-state index contributed by atoms with van der Waals surface area (Å²) in [4.78, 5) is 15.4. The summed E-state index contributed by atoms with van der Waals surface area (Å²) >= 11 is 0. The zero-order chi connectivity index (χ0) is 10.8. The van der Waals surface area contributed by atoms with Crippen molar-refractivity contribution in [2.45, 2.75) is 24.9 Å². The van der Waals surface area contributed by atoms with Gasteiger partial charge in [0.1, 0.15) is 0 Å². The van der Waals surface area contributed by atoms with E-state index >= 15 is 0 Å². The number of pyridine rings is 1. The third-order valence-electron chi connectivity index (χ3n) is 2.92. The highest BCUT2D eigenvalue weighted by molar-refractivity contribution is 5.94. The molecule has 0 unspecified atom stereocenters. The first-order valence-corrected chi connectivity index (χ1v) is 5.00. The maximum absolute atomic E-state index is 11.2. The van der Waals surface area contributed by atoms with Crippen LogP contribution in [0, 0.1) is 0 Å². The van der Waals surface area contributed by atoms with Gasteiger partial charge >= 0.3 is 0 Å². The predicted molar refractivity (Wildman–Crippen MR) is 55.5 cm³/mol. The highest BCUT2D eigenvalue weighted by Gasteiger charge is 2.33. The van der Waals surface area contributed by atoms with Crippen molar-refractivity contribution >= 4 is 5.91 Å². The average molecular weight is 206 g/mol. The molecule has 2 N–H and O–H groups in total. The largest absolute Gasteiger partial charge is 0.381 e. The molecule has 2 rings (SSSR count). The second-order valence-electron chi connectivity index (χ2n) is 3.83. The van der Waals surface area contributed by atoms with Crippen molar-refractivity contribution < 1.29 is 9.53 Å². The first kappa shape index (κ1) is 10.1. The van der Waals surface area contributed by atoms with E-state index in [1.54, 1.807) is 25.4 Å². The molecule has 1 aliphatic carbocycles. The second-order valence-corrected chi connectivity index (χ2v) is 3.83. The number of hydrogen-bond donors (Lipinski definition) is 1. The van der Waals surface area contributed by atoms with E-state index in [-0.39, 0.29) is 0 Å². The highest BCUT2D eigenvalue weighted by atomic mass is 16.5. The van der Waals surface area contributed by atoms with Gasteiger partial charge in [-0.05, 0) is 25.0 Å². The van der Waals surface area contributed by atoms with Gasteiger partial charge in [-0.25, -0.2) is 0 Å². The molecule has 80 valence electrons. The summed E-state index contributed by atoms with van der Waals surface area (Å²) in [6, 6.07) is 3.46. The average Bonchev–Trinajstić information content (AvgIpc) is 2.16. The van der Waals surface area contributed by atoms with Crippen LogP contribution in [-0.4, -0.2) is 24.1 Å². The van der Waals surface area contributed by atoms with Crippen LogP contribution in [0.1, 0.15) is 34.8 Å². The van der Waals surface area contributed by atoms with E-state index in [4.69, 9.17) is 10.5 Å². The summed E-state index contributed by atoms with van der Waals surface area (Å²) in [5.41, 5.74) is 6.64. The van der Waals surface area contributed by atoms with Gasteiger partial charge in [-0.1, -0.05) is 0 Å². The van der Waals surface area contributed by atoms with E-state index in [1.165, 1.54) is 0 Å². The number of hydrogen-bond acceptors (Lipinski definition) is 3. The minimum Gasteiger partial charge on any atom is -0.381 e. The Labute approximate surface area is 88.4 Å². The van der Waals surface area contributed by atoms with E-state index in [0.29, 0.717) is 17.6 Å². The smallest absolute Gasteiger partial charge is 0.250 e. The molecule has 0 atom stereocenters. The van der Waals surface area contributed by atoms with Crippen LogP contribution in [0.15, 0.2) is 18.3 Å². The van der Waals surface area contributed by atoms with Crippen LogP contribution in [-0.2, 0) is 4.74 Å². The number of carbonyl (C=O) groups is 1. The molecule has 0 spiro atoms. The molecule has 1 heterocycles. The van der Waals surface area contributed by atoms with Crippen LogP contribution in [0.4, 0.5) is 0 Å². The molecule has 0 saturated heterocycles. The first-order valence-electron chi connectivity index (χ1n) is 5.00. The third-order valence-corrected chi connectivity index (χ3v) is 2.92. The summed E-state index contributed by atoms with van der Waals surface area (Å²) in [6.45, 7) is 0. The molecule has 4 heteroatoms. The number of rotatable bonds is 3. The van der Waals surface area contributed by atoms with E-state index in [1.807, 2.05) is 0 Å². The van der Waals surface area contributed by atoms with Crippen LogP contribution in [0.5, 0.6) is 0 Å². The Morgan fingerprint density at radius 1 is 1.60 bits per heavy atom. The van der Waals surface area contributed by atoms with Gasteiger partial charge in [0.25, 0.3) is 5.91 Å². The van der Waals surface area contributed by atoms with Crippen LogP contribution >= 0.6 is 0 Å².